The van der Waals surface area contributed by atoms with E-state index >= 15 is 0 Å². The Morgan fingerprint density at radius 1 is 1.32 bits per heavy atom. The van der Waals surface area contributed by atoms with E-state index in [2.05, 4.69) is 10.3 Å². The molecule has 3 N–H and O–H groups in total. The summed E-state index contributed by atoms with van der Waals surface area (Å²) in [6.07, 6.45) is -6.88. The van der Waals surface area contributed by atoms with E-state index in [1.165, 1.54) is 19.2 Å². The lowest BCUT2D eigenvalue weighted by atomic mass is 9.84. The van der Waals surface area contributed by atoms with Crippen LogP contribution in [0.5, 0.6) is 0 Å². The zero-order chi connectivity index (χ0) is 19.6. The minimum atomic E-state index is -5.12. The first-order valence-corrected chi connectivity index (χ1v) is 8.34. The molecular formula is C15H21F3N2O4S. The van der Waals surface area contributed by atoms with Crippen molar-refractivity contribution in [1.29, 1.82) is 0 Å². The fraction of sp³-hybridized carbons (Fsp3) is 0.667. The summed E-state index contributed by atoms with van der Waals surface area (Å²) in [5, 5.41) is 22.2. The number of carboxylic acids is 1. The van der Waals surface area contributed by atoms with Crippen molar-refractivity contribution in [2.24, 2.45) is 5.92 Å². The Morgan fingerprint density at radius 3 is 2.24 bits per heavy atom. The normalized spacial score (nSPS) is 17.0. The molecule has 1 aromatic heterocycles. The number of halogens is 3. The van der Waals surface area contributed by atoms with Gasteiger partial charge in [-0.1, -0.05) is 13.8 Å². The van der Waals surface area contributed by atoms with E-state index < -0.39 is 47.0 Å². The third-order valence-corrected chi connectivity index (χ3v) is 5.19. The van der Waals surface area contributed by atoms with Crippen LogP contribution in [0.2, 0.25) is 0 Å². The summed E-state index contributed by atoms with van der Waals surface area (Å²) in [6.45, 7) is 6.19. The molecular weight excluding hydrogens is 361 g/mol. The van der Waals surface area contributed by atoms with Crippen LogP contribution in [0.3, 0.4) is 0 Å². The number of carbonyl (C=O) groups is 2. The number of alkyl halides is 3. The molecule has 6 nitrogen and oxygen atoms in total. The van der Waals surface area contributed by atoms with Crippen molar-refractivity contribution in [3.63, 3.8) is 0 Å². The van der Waals surface area contributed by atoms with E-state index in [4.69, 9.17) is 5.11 Å². The Balaban J connectivity index is 3.09. The highest BCUT2D eigenvalue weighted by Crippen LogP contribution is 2.43. The molecule has 25 heavy (non-hydrogen) atoms. The topological polar surface area (TPSA) is 99.5 Å². The molecule has 10 heteroatoms. The van der Waals surface area contributed by atoms with Gasteiger partial charge in [0.2, 0.25) is 11.5 Å². The number of carbonyl (C=O) groups excluding carboxylic acids is 1. The average Bonchev–Trinajstić information content (AvgIpc) is 2.82. The van der Waals surface area contributed by atoms with Crippen LogP contribution in [0.1, 0.15) is 44.3 Å². The second kappa shape index (κ2) is 7.28. The number of amides is 1. The van der Waals surface area contributed by atoms with Gasteiger partial charge in [-0.3, -0.25) is 9.59 Å². The van der Waals surface area contributed by atoms with Crippen LogP contribution in [0.25, 0.3) is 0 Å². The maximum Gasteiger partial charge on any atom is 0.424 e. The molecule has 0 saturated heterocycles. The van der Waals surface area contributed by atoms with Gasteiger partial charge in [0.1, 0.15) is 5.01 Å². The van der Waals surface area contributed by atoms with Gasteiger partial charge in [0, 0.05) is 16.6 Å². The summed E-state index contributed by atoms with van der Waals surface area (Å²) in [5.41, 5.74) is -4.40. The van der Waals surface area contributed by atoms with Gasteiger partial charge in [-0.05, 0) is 19.8 Å². The highest BCUT2D eigenvalue weighted by molar-refractivity contribution is 7.09. The maximum atomic E-state index is 13.4. The highest BCUT2D eigenvalue weighted by atomic mass is 32.1. The van der Waals surface area contributed by atoms with Crippen LogP contribution in [0, 0.1) is 12.8 Å². The van der Waals surface area contributed by atoms with E-state index in [1.54, 1.807) is 13.8 Å². The summed E-state index contributed by atoms with van der Waals surface area (Å²) < 4.78 is 40.2. The van der Waals surface area contributed by atoms with Crippen LogP contribution in [0.15, 0.2) is 5.38 Å². The largest absolute Gasteiger partial charge is 0.481 e. The molecule has 1 amide bonds. The minimum absolute atomic E-state index is 0.293. The van der Waals surface area contributed by atoms with Crippen LogP contribution >= 0.6 is 11.3 Å². The molecule has 0 aliphatic carbocycles. The van der Waals surface area contributed by atoms with Crippen LogP contribution < -0.4 is 5.32 Å². The smallest absolute Gasteiger partial charge is 0.424 e. The predicted molar refractivity (Wildman–Crippen MR) is 85.1 cm³/mol. The Kier molecular flexibility index (Phi) is 6.22. The summed E-state index contributed by atoms with van der Waals surface area (Å²) in [5.74, 6) is -2.66. The number of aliphatic carboxylic acids is 1. The molecule has 0 aliphatic rings. The van der Waals surface area contributed by atoms with Gasteiger partial charge in [0.15, 0.2) is 0 Å². The van der Waals surface area contributed by atoms with Gasteiger partial charge >= 0.3 is 12.1 Å². The summed E-state index contributed by atoms with van der Waals surface area (Å²) >= 11 is 0.605. The zero-order valence-corrected chi connectivity index (χ0v) is 15.1. The maximum absolute atomic E-state index is 13.4. The van der Waals surface area contributed by atoms with E-state index in [1.807, 2.05) is 0 Å². The summed E-state index contributed by atoms with van der Waals surface area (Å²) in [7, 11) is 0. The number of hydrogen-bond acceptors (Lipinski definition) is 5. The Labute approximate surface area is 147 Å². The van der Waals surface area contributed by atoms with Crippen LogP contribution in [0.4, 0.5) is 13.2 Å². The number of rotatable bonds is 7. The summed E-state index contributed by atoms with van der Waals surface area (Å²) in [4.78, 5) is 26.8. The number of carboxylic acid groups (broad SMARTS) is 1. The number of thiazole rings is 1. The lowest BCUT2D eigenvalue weighted by Gasteiger charge is -2.35. The van der Waals surface area contributed by atoms with Crippen molar-refractivity contribution < 1.29 is 33.0 Å². The number of aryl methyl sites for hydroxylation is 1. The van der Waals surface area contributed by atoms with Crippen molar-refractivity contribution >= 4 is 23.2 Å². The first-order valence-electron chi connectivity index (χ1n) is 7.46. The van der Waals surface area contributed by atoms with Crippen molar-refractivity contribution in [2.45, 2.75) is 57.9 Å². The molecule has 1 heterocycles. The zero-order valence-electron chi connectivity index (χ0n) is 14.3. The lowest BCUT2D eigenvalue weighted by molar-refractivity contribution is -0.267. The molecule has 2 unspecified atom stereocenters. The first kappa shape index (κ1) is 21.4. The molecule has 0 radical (unpaired) electrons. The van der Waals surface area contributed by atoms with Crippen LogP contribution in [-0.4, -0.2) is 38.8 Å². The number of nitrogens with zero attached hydrogens (tertiary/aromatic N) is 1. The fourth-order valence-corrected chi connectivity index (χ4v) is 3.06. The standard InChI is InChI=1S/C15H21F3N2O4S/c1-8(2)13(4,6-11(22)23)20-10(21)5-14(24,15(16,17)18)12-19-9(3)7-25-12/h7-8,24H,5-6H2,1-4H3,(H,20,21)(H,22,23). The predicted octanol–water partition coefficient (Wildman–Crippen LogP) is 2.60. The molecule has 0 bridgehead atoms. The van der Waals surface area contributed by atoms with E-state index in [-0.39, 0.29) is 5.92 Å². The summed E-state index contributed by atoms with van der Waals surface area (Å²) in [6, 6.07) is 0. The van der Waals surface area contributed by atoms with Crippen molar-refractivity contribution in [1.82, 2.24) is 10.3 Å². The quantitative estimate of drug-likeness (QED) is 0.673. The van der Waals surface area contributed by atoms with Gasteiger partial charge in [-0.15, -0.1) is 11.3 Å². The molecule has 0 aliphatic heterocycles. The van der Waals surface area contributed by atoms with Gasteiger partial charge in [-0.25, -0.2) is 4.98 Å². The number of aromatic nitrogens is 1. The molecule has 1 rings (SSSR count). The SMILES string of the molecule is Cc1csc(C(O)(CC(=O)NC(C)(CC(=O)O)C(C)C)C(F)(F)F)n1. The van der Waals surface area contributed by atoms with Crippen molar-refractivity contribution in [3.05, 3.63) is 16.1 Å². The minimum Gasteiger partial charge on any atom is -0.481 e. The monoisotopic (exact) mass is 382 g/mol. The molecule has 0 aromatic carbocycles. The lowest BCUT2D eigenvalue weighted by Crippen LogP contribution is -2.54. The molecule has 0 spiro atoms. The van der Waals surface area contributed by atoms with Crippen molar-refractivity contribution in [2.75, 3.05) is 0 Å². The van der Waals surface area contributed by atoms with E-state index in [0.717, 1.165) is 0 Å². The van der Waals surface area contributed by atoms with E-state index in [0.29, 0.717) is 17.0 Å². The van der Waals surface area contributed by atoms with Gasteiger partial charge in [0.25, 0.3) is 0 Å². The molecule has 0 saturated carbocycles. The fourth-order valence-electron chi connectivity index (χ4n) is 2.14. The Hall–Kier alpha value is -1.68. The highest BCUT2D eigenvalue weighted by Gasteiger charge is 2.58. The Morgan fingerprint density at radius 2 is 1.88 bits per heavy atom. The third-order valence-electron chi connectivity index (χ3n) is 4.08. The average molecular weight is 382 g/mol. The number of nitrogens with one attached hydrogen (secondary N) is 1. The van der Waals surface area contributed by atoms with Gasteiger partial charge in [0.05, 0.1) is 12.8 Å². The van der Waals surface area contributed by atoms with Crippen molar-refractivity contribution in [3.8, 4) is 0 Å². The number of hydrogen-bond donors (Lipinski definition) is 3. The third kappa shape index (κ3) is 4.91. The van der Waals surface area contributed by atoms with Gasteiger partial charge < -0.3 is 15.5 Å². The second-order valence-corrected chi connectivity index (χ2v) is 7.38. The van der Waals surface area contributed by atoms with E-state index in [9.17, 15) is 27.9 Å². The molecule has 1 aromatic rings. The van der Waals surface area contributed by atoms with Crippen LogP contribution in [-0.2, 0) is 15.2 Å². The second-order valence-electron chi connectivity index (χ2n) is 6.52. The van der Waals surface area contributed by atoms with Gasteiger partial charge in [-0.2, -0.15) is 13.2 Å². The Bertz CT molecular complexity index is 647. The molecule has 142 valence electrons. The first-order chi connectivity index (χ1) is 11.2. The number of aliphatic hydroxyl groups is 1. The molecule has 2 atom stereocenters. The molecule has 0 fully saturated rings.